The molecule has 0 amide bonds. The van der Waals surface area contributed by atoms with Crippen LogP contribution in [0, 0.1) is 23.2 Å². The van der Waals surface area contributed by atoms with Crippen molar-refractivity contribution in [1.29, 1.82) is 0 Å². The van der Waals surface area contributed by atoms with Crippen LogP contribution in [-0.2, 0) is 11.2 Å². The molecule has 1 heterocycles. The van der Waals surface area contributed by atoms with E-state index in [0.29, 0.717) is 23.5 Å². The van der Waals surface area contributed by atoms with Gasteiger partial charge in [0.1, 0.15) is 0 Å². The molecule has 3 rings (SSSR count). The first kappa shape index (κ1) is 14.6. The number of hydrogen-bond donors (Lipinski definition) is 0. The molecule has 1 aromatic rings. The van der Waals surface area contributed by atoms with Gasteiger partial charge in [-0.05, 0) is 73.5 Å². The highest BCUT2D eigenvalue weighted by atomic mass is 16.3. The molecule has 1 fully saturated rings. The quantitative estimate of drug-likeness (QED) is 0.799. The predicted molar refractivity (Wildman–Crippen MR) is 83.9 cm³/mol. The summed E-state index contributed by atoms with van der Waals surface area (Å²) < 4.78 is 5.19. The van der Waals surface area contributed by atoms with Crippen molar-refractivity contribution in [2.45, 2.75) is 52.9 Å². The van der Waals surface area contributed by atoms with Gasteiger partial charge >= 0.3 is 0 Å². The third-order valence-electron chi connectivity index (χ3n) is 6.30. The van der Waals surface area contributed by atoms with E-state index in [1.807, 2.05) is 12.3 Å². The molecule has 2 aliphatic carbocycles. The lowest BCUT2D eigenvalue weighted by molar-refractivity contribution is -0.120. The third kappa shape index (κ3) is 2.61. The fraction of sp³-hybridized carbons (Fsp3) is 0.632. The molecule has 1 aromatic heterocycles. The topological polar surface area (TPSA) is 30.2 Å². The van der Waals surface area contributed by atoms with Crippen molar-refractivity contribution in [3.63, 3.8) is 0 Å². The number of aryl methyl sites for hydroxylation is 1. The SMILES string of the molecule is CC1=CC(=O)C[C@@H]2[C@@H]1CC[C@@H](C)[C@]2(C)CCc1ccoc1. The van der Waals surface area contributed by atoms with E-state index in [9.17, 15) is 4.79 Å². The summed E-state index contributed by atoms with van der Waals surface area (Å²) in [6, 6.07) is 2.06. The minimum absolute atomic E-state index is 0.255. The molecule has 0 aliphatic heterocycles. The smallest absolute Gasteiger partial charge is 0.155 e. The van der Waals surface area contributed by atoms with Crippen molar-refractivity contribution in [1.82, 2.24) is 0 Å². The predicted octanol–water partition coefficient (Wildman–Crippen LogP) is 4.80. The molecule has 2 aliphatic rings. The van der Waals surface area contributed by atoms with Gasteiger partial charge in [-0.1, -0.05) is 19.4 Å². The Morgan fingerprint density at radius 2 is 2.19 bits per heavy atom. The summed E-state index contributed by atoms with van der Waals surface area (Å²) in [5, 5.41) is 0. The molecule has 0 N–H and O–H groups in total. The molecule has 4 atom stereocenters. The number of hydrogen-bond acceptors (Lipinski definition) is 2. The lowest BCUT2D eigenvalue weighted by atomic mass is 9.52. The van der Waals surface area contributed by atoms with Gasteiger partial charge in [-0.25, -0.2) is 0 Å². The molecule has 2 heteroatoms. The van der Waals surface area contributed by atoms with Crippen LogP contribution in [0.1, 0.15) is 52.0 Å². The zero-order chi connectivity index (χ0) is 15.0. The fourth-order valence-electron chi connectivity index (χ4n) is 4.62. The van der Waals surface area contributed by atoms with Crippen molar-refractivity contribution in [3.05, 3.63) is 35.8 Å². The average Bonchev–Trinajstić information content (AvgIpc) is 2.95. The largest absolute Gasteiger partial charge is 0.472 e. The van der Waals surface area contributed by atoms with Crippen LogP contribution in [0.15, 0.2) is 34.7 Å². The monoisotopic (exact) mass is 286 g/mol. The van der Waals surface area contributed by atoms with Crippen LogP contribution in [0.3, 0.4) is 0 Å². The molecule has 0 saturated heterocycles. The van der Waals surface area contributed by atoms with E-state index >= 15 is 0 Å². The van der Waals surface area contributed by atoms with Crippen molar-refractivity contribution in [3.8, 4) is 0 Å². The van der Waals surface area contributed by atoms with Crippen molar-refractivity contribution in [2.24, 2.45) is 23.2 Å². The van der Waals surface area contributed by atoms with E-state index in [4.69, 9.17) is 4.42 Å². The van der Waals surface area contributed by atoms with E-state index in [0.717, 1.165) is 19.3 Å². The second kappa shape index (κ2) is 5.47. The molecule has 0 aromatic carbocycles. The maximum absolute atomic E-state index is 12.1. The summed E-state index contributed by atoms with van der Waals surface area (Å²) in [5.41, 5.74) is 2.85. The Labute approximate surface area is 127 Å². The Morgan fingerprint density at radius 3 is 2.90 bits per heavy atom. The molecular weight excluding hydrogens is 260 g/mol. The van der Waals surface area contributed by atoms with Gasteiger partial charge in [0.05, 0.1) is 12.5 Å². The Kier molecular flexibility index (Phi) is 3.81. The number of rotatable bonds is 3. The van der Waals surface area contributed by atoms with Crippen molar-refractivity contribution >= 4 is 5.78 Å². The Bertz CT molecular complexity index is 540. The lowest BCUT2D eigenvalue weighted by Gasteiger charge is -2.52. The zero-order valence-corrected chi connectivity index (χ0v) is 13.4. The van der Waals surface area contributed by atoms with Crippen molar-refractivity contribution in [2.75, 3.05) is 0 Å². The first-order valence-corrected chi connectivity index (χ1v) is 8.23. The third-order valence-corrected chi connectivity index (χ3v) is 6.30. The first-order chi connectivity index (χ1) is 10.0. The van der Waals surface area contributed by atoms with Crippen molar-refractivity contribution < 1.29 is 9.21 Å². The zero-order valence-electron chi connectivity index (χ0n) is 13.4. The van der Waals surface area contributed by atoms with Gasteiger partial charge in [-0.15, -0.1) is 0 Å². The number of carbonyl (C=O) groups is 1. The van der Waals surface area contributed by atoms with Crippen LogP contribution >= 0.6 is 0 Å². The maximum atomic E-state index is 12.1. The highest BCUT2D eigenvalue weighted by molar-refractivity contribution is 5.91. The summed E-state index contributed by atoms with van der Waals surface area (Å²) >= 11 is 0. The van der Waals surface area contributed by atoms with Crippen LogP contribution in [0.2, 0.25) is 0 Å². The van der Waals surface area contributed by atoms with E-state index < -0.39 is 0 Å². The maximum Gasteiger partial charge on any atom is 0.155 e. The van der Waals surface area contributed by atoms with Gasteiger partial charge in [0, 0.05) is 6.42 Å². The van der Waals surface area contributed by atoms with Crippen LogP contribution in [0.5, 0.6) is 0 Å². The van der Waals surface area contributed by atoms with Gasteiger partial charge in [0.25, 0.3) is 0 Å². The van der Waals surface area contributed by atoms with Crippen LogP contribution in [0.25, 0.3) is 0 Å². The summed E-state index contributed by atoms with van der Waals surface area (Å²) in [6.45, 7) is 6.95. The second-order valence-corrected chi connectivity index (χ2v) is 7.39. The Morgan fingerprint density at radius 1 is 1.38 bits per heavy atom. The summed E-state index contributed by atoms with van der Waals surface area (Å²) in [5.74, 6) is 2.15. The number of carbonyl (C=O) groups excluding carboxylic acids is 1. The summed E-state index contributed by atoms with van der Waals surface area (Å²) in [4.78, 5) is 12.1. The number of fused-ring (bicyclic) bond motifs is 1. The normalized spacial score (nSPS) is 36.2. The number of allylic oxidation sites excluding steroid dienone is 2. The van der Waals surface area contributed by atoms with Gasteiger partial charge in [0.2, 0.25) is 0 Å². The molecule has 2 nitrogen and oxygen atoms in total. The standard InChI is InChI=1S/C19H26O2/c1-13-10-16(20)11-18-17(13)5-4-14(2)19(18,3)8-6-15-7-9-21-12-15/h7,9-10,12,14,17-18H,4-6,8,11H2,1-3H3/t14-,17-,18-,19+/m1/s1. The minimum Gasteiger partial charge on any atom is -0.472 e. The molecule has 0 spiro atoms. The second-order valence-electron chi connectivity index (χ2n) is 7.39. The van der Waals surface area contributed by atoms with Gasteiger partial charge in [-0.3, -0.25) is 4.79 Å². The average molecular weight is 286 g/mol. The number of ketones is 1. The highest BCUT2D eigenvalue weighted by Crippen LogP contribution is 2.55. The first-order valence-electron chi connectivity index (χ1n) is 8.23. The van der Waals surface area contributed by atoms with Gasteiger partial charge in [0.15, 0.2) is 5.78 Å². The Balaban J connectivity index is 1.83. The highest BCUT2D eigenvalue weighted by Gasteiger charge is 2.48. The van der Waals surface area contributed by atoms with Crippen LogP contribution in [0.4, 0.5) is 0 Å². The Hall–Kier alpha value is -1.31. The molecule has 0 radical (unpaired) electrons. The molecular formula is C19H26O2. The van der Waals surface area contributed by atoms with E-state index in [1.54, 1.807) is 6.26 Å². The van der Waals surface area contributed by atoms with E-state index in [-0.39, 0.29) is 5.41 Å². The van der Waals surface area contributed by atoms with Gasteiger partial charge in [-0.2, -0.15) is 0 Å². The van der Waals surface area contributed by atoms with E-state index in [2.05, 4.69) is 26.8 Å². The summed E-state index contributed by atoms with van der Waals surface area (Å²) in [7, 11) is 0. The molecule has 0 unspecified atom stereocenters. The number of furan rings is 1. The molecule has 0 bridgehead atoms. The lowest BCUT2D eigenvalue weighted by Crippen LogP contribution is -2.45. The summed E-state index contributed by atoms with van der Waals surface area (Å²) in [6.07, 6.45) is 11.0. The van der Waals surface area contributed by atoms with Crippen LogP contribution in [-0.4, -0.2) is 5.78 Å². The van der Waals surface area contributed by atoms with Gasteiger partial charge < -0.3 is 4.42 Å². The molecule has 21 heavy (non-hydrogen) atoms. The fourth-order valence-corrected chi connectivity index (χ4v) is 4.62. The molecule has 114 valence electrons. The van der Waals surface area contributed by atoms with Crippen LogP contribution < -0.4 is 0 Å². The minimum atomic E-state index is 0.255. The molecule has 1 saturated carbocycles. The van der Waals surface area contributed by atoms with E-state index in [1.165, 1.54) is 24.0 Å².